The average Bonchev–Trinajstić information content (AvgIpc) is 3.80. The summed E-state index contributed by atoms with van der Waals surface area (Å²) in [6.07, 6.45) is 6.59. The Morgan fingerprint density at radius 2 is 1.29 bits per heavy atom. The van der Waals surface area contributed by atoms with Crippen LogP contribution in [-0.2, 0) is 4.74 Å². The highest BCUT2D eigenvalue weighted by molar-refractivity contribution is 6.00. The van der Waals surface area contributed by atoms with E-state index in [0.717, 1.165) is 69.2 Å². The largest absolute Gasteiger partial charge is 0.394 e. The van der Waals surface area contributed by atoms with Crippen molar-refractivity contribution in [2.24, 2.45) is 0 Å². The number of nitrogens with one attached hydrogen (secondary N) is 2. The molecule has 5 heterocycles. The van der Waals surface area contributed by atoms with Crippen molar-refractivity contribution in [3.63, 3.8) is 0 Å². The van der Waals surface area contributed by atoms with E-state index >= 15 is 0 Å². The van der Waals surface area contributed by atoms with Gasteiger partial charge >= 0.3 is 6.03 Å². The van der Waals surface area contributed by atoms with Crippen LogP contribution in [0, 0.1) is 0 Å². The van der Waals surface area contributed by atoms with Crippen LogP contribution < -0.4 is 25.3 Å². The van der Waals surface area contributed by atoms with E-state index in [2.05, 4.69) is 37.5 Å². The van der Waals surface area contributed by atoms with Crippen molar-refractivity contribution in [1.29, 1.82) is 0 Å². The van der Waals surface area contributed by atoms with Crippen LogP contribution in [0.2, 0.25) is 0 Å². The third kappa shape index (κ3) is 6.64. The van der Waals surface area contributed by atoms with Crippen LogP contribution in [0.15, 0.2) is 48.5 Å². The number of piperazine rings is 1. The molecule has 254 valence electrons. The molecule has 3 aromatic rings. The number of hydrogen-bond donors (Lipinski definition) is 4. The number of anilines is 5. The SMILES string of the molecule is O=C(Nc1ccc(-c2nc(N3CC4CCC(C3)O4)nc(N3C(CO)CCC3CO)n2)cc1)Nc1ccc(N2CCN(C3CC3)CC2)cc1. The van der Waals surface area contributed by atoms with Crippen LogP contribution in [0.5, 0.6) is 0 Å². The van der Waals surface area contributed by atoms with Gasteiger partial charge in [-0.2, -0.15) is 15.0 Å². The highest BCUT2D eigenvalue weighted by Crippen LogP contribution is 2.34. The minimum atomic E-state index is -0.320. The molecular formula is C35H45N9O4. The fourth-order valence-electron chi connectivity index (χ4n) is 7.70. The number of aromatic nitrogens is 3. The maximum atomic E-state index is 12.9. The molecule has 2 amide bonds. The Morgan fingerprint density at radius 3 is 1.88 bits per heavy atom. The van der Waals surface area contributed by atoms with E-state index in [1.165, 1.54) is 18.5 Å². The Hall–Kier alpha value is -4.04. The topological polar surface area (TPSA) is 142 Å². The summed E-state index contributed by atoms with van der Waals surface area (Å²) >= 11 is 0. The molecule has 4 aliphatic heterocycles. The van der Waals surface area contributed by atoms with Gasteiger partial charge in [-0.3, -0.25) is 4.90 Å². The maximum Gasteiger partial charge on any atom is 0.323 e. The van der Waals surface area contributed by atoms with Gasteiger partial charge in [0.2, 0.25) is 11.9 Å². The van der Waals surface area contributed by atoms with Crippen molar-refractivity contribution in [3.8, 4) is 11.4 Å². The number of carbonyl (C=O) groups excluding carboxylic acids is 1. The number of aliphatic hydroxyl groups is 2. The Morgan fingerprint density at radius 1 is 0.708 bits per heavy atom. The molecular weight excluding hydrogens is 610 g/mol. The first kappa shape index (κ1) is 31.2. The zero-order chi connectivity index (χ0) is 32.6. The molecule has 2 aromatic carbocycles. The number of nitrogens with zero attached hydrogens (tertiary/aromatic N) is 7. The number of hydrogen-bond acceptors (Lipinski definition) is 11. The predicted octanol–water partition coefficient (Wildman–Crippen LogP) is 3.16. The highest BCUT2D eigenvalue weighted by atomic mass is 16.5. The van der Waals surface area contributed by atoms with Gasteiger partial charge in [0.1, 0.15) is 0 Å². The minimum absolute atomic E-state index is 0.0429. The summed E-state index contributed by atoms with van der Waals surface area (Å²) in [5, 5.41) is 26.1. The van der Waals surface area contributed by atoms with Crippen LogP contribution in [-0.4, -0.2) is 119 Å². The zero-order valence-electron chi connectivity index (χ0n) is 27.2. The minimum Gasteiger partial charge on any atom is -0.394 e. The molecule has 13 nitrogen and oxygen atoms in total. The number of ether oxygens (including phenoxy) is 1. The summed E-state index contributed by atoms with van der Waals surface area (Å²) < 4.78 is 6.05. The molecule has 5 aliphatic rings. The second kappa shape index (κ2) is 13.5. The lowest BCUT2D eigenvalue weighted by Gasteiger charge is -2.36. The second-order valence-corrected chi connectivity index (χ2v) is 13.7. The molecule has 4 saturated heterocycles. The number of carbonyl (C=O) groups is 1. The smallest absolute Gasteiger partial charge is 0.323 e. The van der Waals surface area contributed by atoms with Crippen LogP contribution in [0.1, 0.15) is 38.5 Å². The molecule has 1 aromatic heterocycles. The Labute approximate surface area is 280 Å². The van der Waals surface area contributed by atoms with Crippen LogP contribution in [0.25, 0.3) is 11.4 Å². The van der Waals surface area contributed by atoms with Crippen LogP contribution >= 0.6 is 0 Å². The lowest BCUT2D eigenvalue weighted by Crippen LogP contribution is -2.47. The van der Waals surface area contributed by atoms with Gasteiger partial charge in [-0.25, -0.2) is 4.79 Å². The lowest BCUT2D eigenvalue weighted by molar-refractivity contribution is 0.0299. The first-order valence-electron chi connectivity index (χ1n) is 17.5. The quantitative estimate of drug-likeness (QED) is 0.270. The van der Waals surface area contributed by atoms with E-state index in [1.54, 1.807) is 0 Å². The Balaban J connectivity index is 0.949. The number of aliphatic hydroxyl groups excluding tert-OH is 2. The highest BCUT2D eigenvalue weighted by Gasteiger charge is 2.38. The van der Waals surface area contributed by atoms with E-state index < -0.39 is 0 Å². The molecule has 8 rings (SSSR count). The van der Waals surface area contributed by atoms with Crippen molar-refractivity contribution >= 4 is 35.0 Å². The summed E-state index contributed by atoms with van der Waals surface area (Å²) in [5.41, 5.74) is 3.33. The van der Waals surface area contributed by atoms with Crippen molar-refractivity contribution < 1.29 is 19.7 Å². The first-order chi connectivity index (χ1) is 23.5. The first-order valence-corrected chi connectivity index (χ1v) is 17.5. The van der Waals surface area contributed by atoms with Gasteiger partial charge in [-0.1, -0.05) is 0 Å². The Bertz CT molecular complexity index is 1560. The van der Waals surface area contributed by atoms with Gasteiger partial charge in [-0.05, 0) is 87.1 Å². The molecule has 0 spiro atoms. The van der Waals surface area contributed by atoms with Crippen LogP contribution in [0.3, 0.4) is 0 Å². The predicted molar refractivity (Wildman–Crippen MR) is 185 cm³/mol. The fraction of sp³-hybridized carbons (Fsp3) is 0.543. The van der Waals surface area contributed by atoms with Crippen molar-refractivity contribution in [3.05, 3.63) is 48.5 Å². The van der Waals surface area contributed by atoms with Gasteiger partial charge < -0.3 is 40.3 Å². The third-order valence-corrected chi connectivity index (χ3v) is 10.5. The molecule has 5 fully saturated rings. The normalized spacial score (nSPS) is 25.8. The Kier molecular flexibility index (Phi) is 8.76. The summed E-state index contributed by atoms with van der Waals surface area (Å²) in [4.78, 5) is 36.6. The lowest BCUT2D eigenvalue weighted by atomic mass is 10.2. The zero-order valence-corrected chi connectivity index (χ0v) is 27.2. The number of fused-ring (bicyclic) bond motifs is 2. The molecule has 4 unspecified atom stereocenters. The summed E-state index contributed by atoms with van der Waals surface area (Å²) in [5.74, 6) is 1.53. The molecule has 1 saturated carbocycles. The number of morpholine rings is 1. The molecule has 13 heteroatoms. The van der Waals surface area contributed by atoms with Crippen molar-refractivity contribution in [1.82, 2.24) is 19.9 Å². The standard InChI is InChI=1S/C35H45N9O4/c45-21-28-11-12-29(22-46)44(28)34-39-32(38-33(40-34)43-19-30-13-14-31(20-43)48-30)23-1-3-24(4-2-23)36-35(47)37-25-5-7-26(8-6-25)41-15-17-42(18-16-41)27-9-10-27/h1-8,27-31,45-46H,9-22H2,(H2,36,37,47). The van der Waals surface area contributed by atoms with Gasteiger partial charge in [0.15, 0.2) is 5.82 Å². The van der Waals surface area contributed by atoms with Crippen LogP contribution in [0.4, 0.5) is 33.8 Å². The monoisotopic (exact) mass is 655 g/mol. The molecule has 4 atom stereocenters. The van der Waals surface area contributed by atoms with Gasteiger partial charge in [-0.15, -0.1) is 0 Å². The summed E-state index contributed by atoms with van der Waals surface area (Å²) in [6, 6.07) is 15.6. The summed E-state index contributed by atoms with van der Waals surface area (Å²) in [7, 11) is 0. The second-order valence-electron chi connectivity index (χ2n) is 13.7. The van der Waals surface area contributed by atoms with Crippen molar-refractivity contribution in [2.75, 3.05) is 77.8 Å². The van der Waals surface area contributed by atoms with Gasteiger partial charge in [0.25, 0.3) is 0 Å². The van der Waals surface area contributed by atoms with Crippen molar-refractivity contribution in [2.45, 2.75) is 68.9 Å². The van der Waals surface area contributed by atoms with E-state index in [9.17, 15) is 15.0 Å². The number of amides is 2. The molecule has 1 aliphatic carbocycles. The number of urea groups is 1. The molecule has 48 heavy (non-hydrogen) atoms. The third-order valence-electron chi connectivity index (χ3n) is 10.5. The molecule has 0 radical (unpaired) electrons. The number of rotatable bonds is 9. The van der Waals surface area contributed by atoms with E-state index in [0.29, 0.717) is 36.5 Å². The van der Waals surface area contributed by atoms with E-state index in [4.69, 9.17) is 19.7 Å². The van der Waals surface area contributed by atoms with Gasteiger partial charge in [0, 0.05) is 67.9 Å². The molecule has 2 bridgehead atoms. The molecule has 4 N–H and O–H groups in total. The van der Waals surface area contributed by atoms with Gasteiger partial charge in [0.05, 0.1) is 37.5 Å². The van der Waals surface area contributed by atoms with E-state index in [1.807, 2.05) is 41.3 Å². The fourth-order valence-corrected chi connectivity index (χ4v) is 7.70. The summed E-state index contributed by atoms with van der Waals surface area (Å²) in [6.45, 7) is 5.63. The number of benzene rings is 2. The maximum absolute atomic E-state index is 12.9. The van der Waals surface area contributed by atoms with E-state index in [-0.39, 0.29) is 43.5 Å². The average molecular weight is 656 g/mol.